The zero-order valence-corrected chi connectivity index (χ0v) is 17.4. The highest BCUT2D eigenvalue weighted by atomic mass is 35.5. The fourth-order valence-electron chi connectivity index (χ4n) is 2.78. The van der Waals surface area contributed by atoms with E-state index in [1.54, 1.807) is 12.1 Å². The minimum atomic E-state index is 0.287. The fourth-order valence-corrected chi connectivity index (χ4v) is 3.44. The van der Waals surface area contributed by atoms with E-state index >= 15 is 0 Å². The Hall–Kier alpha value is -2.59. The van der Waals surface area contributed by atoms with Crippen LogP contribution in [0.15, 0.2) is 66.7 Å². The molecule has 0 aliphatic rings. The molecule has 0 unspecified atom stereocenters. The molecule has 144 valence electrons. The summed E-state index contributed by atoms with van der Waals surface area (Å²) in [5.41, 5.74) is 3.83. The molecule has 0 amide bonds. The molecular formula is C23H15Cl3N2O. The van der Waals surface area contributed by atoms with Crippen LogP contribution in [0.5, 0.6) is 5.88 Å². The molecule has 0 N–H and O–H groups in total. The van der Waals surface area contributed by atoms with Crippen molar-refractivity contribution in [1.82, 2.24) is 9.97 Å². The maximum absolute atomic E-state index is 6.27. The van der Waals surface area contributed by atoms with Gasteiger partial charge in [0, 0.05) is 20.6 Å². The smallest absolute Gasteiger partial charge is 0.240 e. The molecule has 0 atom stereocenters. The second-order valence-corrected chi connectivity index (χ2v) is 7.53. The first kappa shape index (κ1) is 19.7. The van der Waals surface area contributed by atoms with Gasteiger partial charge < -0.3 is 4.74 Å². The molecule has 3 nitrogen and oxygen atoms in total. The lowest BCUT2D eigenvalue weighted by Gasteiger charge is -2.10. The van der Waals surface area contributed by atoms with Gasteiger partial charge in [-0.3, -0.25) is 0 Å². The van der Waals surface area contributed by atoms with E-state index in [1.165, 1.54) is 0 Å². The van der Waals surface area contributed by atoms with Gasteiger partial charge in [0.2, 0.25) is 5.88 Å². The van der Waals surface area contributed by atoms with Gasteiger partial charge in [-0.05, 0) is 42.0 Å². The topological polar surface area (TPSA) is 35.0 Å². The molecule has 0 fully saturated rings. The largest absolute Gasteiger partial charge is 0.471 e. The summed E-state index contributed by atoms with van der Waals surface area (Å²) in [6, 6.07) is 20.5. The third-order valence-corrected chi connectivity index (χ3v) is 5.20. The van der Waals surface area contributed by atoms with Crippen molar-refractivity contribution in [1.29, 1.82) is 0 Å². The molecule has 0 spiro atoms. The quantitative estimate of drug-likeness (QED) is 0.325. The third kappa shape index (κ3) is 4.70. The van der Waals surface area contributed by atoms with Crippen LogP contribution < -0.4 is 4.74 Å². The highest BCUT2D eigenvalue weighted by Crippen LogP contribution is 2.26. The SMILES string of the molecule is Clc1ccc(/C=C\c2nc3ccccc3nc2OCc2ccccc2Cl)c(Cl)c1. The monoisotopic (exact) mass is 440 g/mol. The Bertz CT molecular complexity index is 1210. The molecule has 0 bridgehead atoms. The van der Waals surface area contributed by atoms with Crippen molar-refractivity contribution in [3.05, 3.63) is 98.6 Å². The zero-order valence-electron chi connectivity index (χ0n) is 15.1. The molecular weight excluding hydrogens is 427 g/mol. The van der Waals surface area contributed by atoms with Crippen molar-refractivity contribution in [3.8, 4) is 5.88 Å². The van der Waals surface area contributed by atoms with Crippen molar-refractivity contribution in [2.75, 3.05) is 0 Å². The highest BCUT2D eigenvalue weighted by Gasteiger charge is 2.10. The second kappa shape index (κ2) is 8.83. The van der Waals surface area contributed by atoms with Crippen LogP contribution in [-0.2, 0) is 6.61 Å². The van der Waals surface area contributed by atoms with Crippen LogP contribution >= 0.6 is 34.8 Å². The summed E-state index contributed by atoms with van der Waals surface area (Å²) in [6.07, 6.45) is 3.69. The number of nitrogens with zero attached hydrogens (tertiary/aromatic N) is 2. The van der Waals surface area contributed by atoms with Gasteiger partial charge >= 0.3 is 0 Å². The molecule has 0 saturated heterocycles. The van der Waals surface area contributed by atoms with Gasteiger partial charge in [0.25, 0.3) is 0 Å². The first-order valence-electron chi connectivity index (χ1n) is 8.86. The highest BCUT2D eigenvalue weighted by molar-refractivity contribution is 6.35. The van der Waals surface area contributed by atoms with Gasteiger partial charge in [-0.15, -0.1) is 0 Å². The van der Waals surface area contributed by atoms with E-state index in [2.05, 4.69) is 4.98 Å². The predicted octanol–water partition coefficient (Wildman–Crippen LogP) is 7.34. The molecule has 1 heterocycles. The number of para-hydroxylation sites is 2. The van der Waals surface area contributed by atoms with Crippen LogP contribution in [0.25, 0.3) is 23.2 Å². The first-order valence-corrected chi connectivity index (χ1v) is 10.00. The summed E-state index contributed by atoms with van der Waals surface area (Å²) in [4.78, 5) is 9.33. The number of rotatable bonds is 5. The molecule has 3 aromatic carbocycles. The van der Waals surface area contributed by atoms with Gasteiger partial charge in [0.1, 0.15) is 12.3 Å². The molecule has 0 saturated carbocycles. The number of benzene rings is 3. The molecule has 4 aromatic rings. The van der Waals surface area contributed by atoms with Gasteiger partial charge in [-0.25, -0.2) is 9.97 Å². The van der Waals surface area contributed by atoms with Crippen molar-refractivity contribution in [2.45, 2.75) is 6.61 Å². The summed E-state index contributed by atoms with van der Waals surface area (Å²) in [5.74, 6) is 0.421. The third-order valence-electron chi connectivity index (χ3n) is 4.27. The lowest BCUT2D eigenvalue weighted by molar-refractivity contribution is 0.293. The van der Waals surface area contributed by atoms with E-state index in [0.29, 0.717) is 26.6 Å². The van der Waals surface area contributed by atoms with E-state index < -0.39 is 0 Å². The van der Waals surface area contributed by atoms with Crippen molar-refractivity contribution >= 4 is 58.0 Å². The molecule has 0 aliphatic heterocycles. The number of fused-ring (bicyclic) bond motifs is 1. The Labute approximate surface area is 183 Å². The molecule has 0 radical (unpaired) electrons. The normalized spacial score (nSPS) is 11.3. The van der Waals surface area contributed by atoms with Crippen molar-refractivity contribution in [3.63, 3.8) is 0 Å². The Morgan fingerprint density at radius 1 is 0.759 bits per heavy atom. The van der Waals surface area contributed by atoms with Gasteiger partial charge in [0.15, 0.2) is 0 Å². The van der Waals surface area contributed by atoms with Crippen LogP contribution in [-0.4, -0.2) is 9.97 Å². The fraction of sp³-hybridized carbons (Fsp3) is 0.0435. The van der Waals surface area contributed by atoms with E-state index in [0.717, 1.165) is 22.2 Å². The maximum Gasteiger partial charge on any atom is 0.240 e. The van der Waals surface area contributed by atoms with Gasteiger partial charge in [-0.2, -0.15) is 0 Å². The standard InChI is InChI=1S/C23H15Cl3N2O/c24-17-11-9-15(19(26)13-17)10-12-22-23(28-21-8-4-3-7-20(21)27-22)29-14-16-5-1-2-6-18(16)25/h1-13H,14H2/b12-10-. The zero-order chi connectivity index (χ0) is 20.2. The van der Waals surface area contributed by atoms with E-state index in [9.17, 15) is 0 Å². The van der Waals surface area contributed by atoms with Crippen LogP contribution in [0.4, 0.5) is 0 Å². The van der Waals surface area contributed by atoms with Crippen LogP contribution in [0.2, 0.25) is 15.1 Å². The lowest BCUT2D eigenvalue weighted by Crippen LogP contribution is -2.02. The average Bonchev–Trinajstić information content (AvgIpc) is 2.72. The Kier molecular flexibility index (Phi) is 6.00. The molecule has 0 aliphatic carbocycles. The van der Waals surface area contributed by atoms with Crippen LogP contribution in [0.1, 0.15) is 16.8 Å². The molecule has 1 aromatic heterocycles. The maximum atomic E-state index is 6.27. The van der Waals surface area contributed by atoms with Crippen molar-refractivity contribution in [2.24, 2.45) is 0 Å². The van der Waals surface area contributed by atoms with E-state index in [1.807, 2.05) is 66.7 Å². The summed E-state index contributed by atoms with van der Waals surface area (Å²) in [7, 11) is 0. The number of halogens is 3. The number of hydrogen-bond acceptors (Lipinski definition) is 3. The number of aromatic nitrogens is 2. The number of hydrogen-bond donors (Lipinski definition) is 0. The number of ether oxygens (including phenoxy) is 1. The molecule has 6 heteroatoms. The van der Waals surface area contributed by atoms with Crippen molar-refractivity contribution < 1.29 is 4.74 Å². The Morgan fingerprint density at radius 3 is 2.24 bits per heavy atom. The summed E-state index contributed by atoms with van der Waals surface area (Å²) in [6.45, 7) is 0.287. The average molecular weight is 442 g/mol. The van der Waals surface area contributed by atoms with Gasteiger partial charge in [-0.1, -0.05) is 77.3 Å². The summed E-state index contributed by atoms with van der Waals surface area (Å²) in [5, 5.41) is 1.79. The minimum absolute atomic E-state index is 0.287. The summed E-state index contributed by atoms with van der Waals surface area (Å²) >= 11 is 18.5. The minimum Gasteiger partial charge on any atom is -0.471 e. The summed E-state index contributed by atoms with van der Waals surface area (Å²) < 4.78 is 5.99. The lowest BCUT2D eigenvalue weighted by atomic mass is 10.2. The predicted molar refractivity (Wildman–Crippen MR) is 121 cm³/mol. The first-order chi connectivity index (χ1) is 14.1. The van der Waals surface area contributed by atoms with Crippen LogP contribution in [0.3, 0.4) is 0 Å². The Balaban J connectivity index is 1.70. The Morgan fingerprint density at radius 2 is 1.48 bits per heavy atom. The molecule has 4 rings (SSSR count). The van der Waals surface area contributed by atoms with Gasteiger partial charge in [0.05, 0.1) is 11.0 Å². The van der Waals surface area contributed by atoms with E-state index in [-0.39, 0.29) is 6.61 Å². The van der Waals surface area contributed by atoms with E-state index in [4.69, 9.17) is 44.5 Å². The van der Waals surface area contributed by atoms with Crippen LogP contribution in [0, 0.1) is 0 Å². The second-order valence-electron chi connectivity index (χ2n) is 6.28. The molecule has 29 heavy (non-hydrogen) atoms.